The summed E-state index contributed by atoms with van der Waals surface area (Å²) in [5, 5.41) is 10.4. The van der Waals surface area contributed by atoms with E-state index < -0.39 is 0 Å². The largest absolute Gasteiger partial charge is 0.493 e. The molecule has 0 saturated heterocycles. The second kappa shape index (κ2) is 6.54. The second-order valence-electron chi connectivity index (χ2n) is 5.70. The fourth-order valence-electron chi connectivity index (χ4n) is 2.84. The molecular weight excluding hydrogens is 306 g/mol. The lowest BCUT2D eigenvalue weighted by Crippen LogP contribution is -1.96. The average Bonchev–Trinajstić information content (AvgIpc) is 3.08. The van der Waals surface area contributed by atoms with Crippen LogP contribution in [0, 0.1) is 4.77 Å². The first-order valence-electron chi connectivity index (χ1n) is 8.05. The lowest BCUT2D eigenvalue weighted by molar-refractivity contribution is 0.410. The highest BCUT2D eigenvalue weighted by atomic mass is 32.1. The highest BCUT2D eigenvalue weighted by molar-refractivity contribution is 7.71. The van der Waals surface area contributed by atoms with E-state index in [-0.39, 0.29) is 5.88 Å². The van der Waals surface area contributed by atoms with Gasteiger partial charge in [-0.3, -0.25) is 9.56 Å². The van der Waals surface area contributed by atoms with Crippen molar-refractivity contribution in [2.24, 2.45) is 4.99 Å². The molecule has 2 N–H and O–H groups in total. The lowest BCUT2D eigenvalue weighted by atomic mass is 10.0. The van der Waals surface area contributed by atoms with E-state index in [1.807, 2.05) is 12.3 Å². The number of nitrogens with one attached hydrogen (secondary N) is 1. The molecule has 1 aliphatic rings. The Morgan fingerprint density at radius 3 is 2.91 bits per heavy atom. The summed E-state index contributed by atoms with van der Waals surface area (Å²) in [7, 11) is 0. The van der Waals surface area contributed by atoms with Gasteiger partial charge in [0.1, 0.15) is 5.69 Å². The summed E-state index contributed by atoms with van der Waals surface area (Å²) in [6, 6.07) is 6.22. The number of aromatic hydroxyl groups is 1. The van der Waals surface area contributed by atoms with Crippen LogP contribution in [0.25, 0.3) is 11.6 Å². The Labute approximate surface area is 141 Å². The van der Waals surface area contributed by atoms with Gasteiger partial charge >= 0.3 is 0 Å². The van der Waals surface area contributed by atoms with Crippen molar-refractivity contribution >= 4 is 35.8 Å². The van der Waals surface area contributed by atoms with Gasteiger partial charge < -0.3 is 10.1 Å². The number of aryl methyl sites for hydroxylation is 1. The third-order valence-electron chi connectivity index (χ3n) is 4.16. The molecule has 0 atom stereocenters. The topological polar surface area (TPSA) is 53.3 Å². The van der Waals surface area contributed by atoms with Crippen LogP contribution in [0.1, 0.15) is 43.5 Å². The van der Waals surface area contributed by atoms with E-state index in [1.54, 1.807) is 4.57 Å². The molecule has 0 radical (unpaired) electrons. The molecule has 1 aromatic heterocycles. The number of hydrogen-bond donors (Lipinski definition) is 2. The maximum Gasteiger partial charge on any atom is 0.217 e. The van der Waals surface area contributed by atoms with Gasteiger partial charge in [-0.25, -0.2) is 0 Å². The van der Waals surface area contributed by atoms with E-state index in [4.69, 9.17) is 12.2 Å². The molecule has 2 aromatic rings. The molecule has 1 aromatic carbocycles. The quantitative estimate of drug-likeness (QED) is 0.770. The number of aromatic amines is 1. The number of imidazole rings is 1. The zero-order valence-electron chi connectivity index (χ0n) is 13.5. The van der Waals surface area contributed by atoms with Crippen LogP contribution in [0.2, 0.25) is 0 Å². The summed E-state index contributed by atoms with van der Waals surface area (Å²) in [4.78, 5) is 7.63. The molecule has 0 bridgehead atoms. The maximum absolute atomic E-state index is 10.4. The molecule has 3 rings (SSSR count). The van der Waals surface area contributed by atoms with Gasteiger partial charge in [0.2, 0.25) is 5.88 Å². The van der Waals surface area contributed by atoms with Gasteiger partial charge in [-0.05, 0) is 36.7 Å². The first kappa shape index (κ1) is 15.7. The van der Waals surface area contributed by atoms with Crippen molar-refractivity contribution in [1.82, 2.24) is 9.55 Å². The summed E-state index contributed by atoms with van der Waals surface area (Å²) in [5.74, 6) is 0.199. The number of nitrogens with zero attached hydrogens (tertiary/aromatic N) is 2. The van der Waals surface area contributed by atoms with E-state index in [0.29, 0.717) is 10.5 Å². The number of benzene rings is 1. The van der Waals surface area contributed by atoms with Crippen LogP contribution in [0.5, 0.6) is 5.88 Å². The highest BCUT2D eigenvalue weighted by Gasteiger charge is 2.16. The SMILES string of the molecule is CCCCn1c(O)c(/C=C2/C=Nc3c(CC)cccc32)[nH]c1=S. The minimum absolute atomic E-state index is 0.199. The zero-order valence-corrected chi connectivity index (χ0v) is 14.3. The van der Waals surface area contributed by atoms with Crippen LogP contribution in [-0.4, -0.2) is 20.9 Å². The molecule has 2 heterocycles. The normalized spacial score (nSPS) is 14.6. The molecule has 0 unspecified atom stereocenters. The van der Waals surface area contributed by atoms with E-state index >= 15 is 0 Å². The van der Waals surface area contributed by atoms with Gasteiger partial charge in [-0.1, -0.05) is 38.5 Å². The number of aliphatic imine (C=N–C) groups is 1. The number of rotatable bonds is 5. The zero-order chi connectivity index (χ0) is 16.4. The molecule has 4 nitrogen and oxygen atoms in total. The smallest absolute Gasteiger partial charge is 0.217 e. The molecule has 0 aliphatic carbocycles. The van der Waals surface area contributed by atoms with E-state index in [9.17, 15) is 5.11 Å². The molecule has 0 fully saturated rings. The first-order chi connectivity index (χ1) is 11.2. The summed E-state index contributed by atoms with van der Waals surface area (Å²) < 4.78 is 2.31. The van der Waals surface area contributed by atoms with Gasteiger partial charge in [-0.2, -0.15) is 0 Å². The van der Waals surface area contributed by atoms with Crippen LogP contribution >= 0.6 is 12.2 Å². The van der Waals surface area contributed by atoms with Gasteiger partial charge in [0, 0.05) is 23.9 Å². The van der Waals surface area contributed by atoms with Gasteiger partial charge in [-0.15, -0.1) is 0 Å². The van der Waals surface area contributed by atoms with Crippen LogP contribution in [0.4, 0.5) is 5.69 Å². The van der Waals surface area contributed by atoms with Crippen LogP contribution in [-0.2, 0) is 13.0 Å². The third-order valence-corrected chi connectivity index (χ3v) is 4.49. The van der Waals surface area contributed by atoms with Crippen molar-refractivity contribution in [1.29, 1.82) is 0 Å². The number of allylic oxidation sites excluding steroid dienone is 1. The Balaban J connectivity index is 2.00. The third kappa shape index (κ3) is 2.88. The Hall–Kier alpha value is -2.14. The Kier molecular flexibility index (Phi) is 4.48. The number of aromatic nitrogens is 2. The number of para-hydroxylation sites is 1. The highest BCUT2D eigenvalue weighted by Crippen LogP contribution is 2.36. The molecule has 23 heavy (non-hydrogen) atoms. The number of hydrogen-bond acceptors (Lipinski definition) is 3. The fourth-order valence-corrected chi connectivity index (χ4v) is 3.13. The van der Waals surface area contributed by atoms with Crippen molar-refractivity contribution in [2.75, 3.05) is 0 Å². The monoisotopic (exact) mass is 327 g/mol. The molecule has 0 amide bonds. The van der Waals surface area contributed by atoms with Crippen molar-refractivity contribution in [3.63, 3.8) is 0 Å². The van der Waals surface area contributed by atoms with Crippen molar-refractivity contribution in [3.8, 4) is 5.88 Å². The first-order valence-corrected chi connectivity index (χ1v) is 8.46. The molecule has 1 aliphatic heterocycles. The molecular formula is C18H21N3OS. The van der Waals surface area contributed by atoms with E-state index in [0.717, 1.165) is 42.6 Å². The number of fused-ring (bicyclic) bond motifs is 1. The predicted molar refractivity (Wildman–Crippen MR) is 98.0 cm³/mol. The Morgan fingerprint density at radius 1 is 1.35 bits per heavy atom. The van der Waals surface area contributed by atoms with Gasteiger partial charge in [0.25, 0.3) is 0 Å². The standard InChI is InChI=1S/C18H21N3OS/c1-3-5-9-21-17(22)15(20-18(21)23)10-13-11-19-16-12(4-2)7-6-8-14(13)16/h6-8,10-11,22H,3-5,9H2,1-2H3,(H,20,23)/b13-10-. The fraction of sp³-hybridized carbons (Fsp3) is 0.333. The second-order valence-corrected chi connectivity index (χ2v) is 6.08. The lowest BCUT2D eigenvalue weighted by Gasteiger charge is -2.04. The predicted octanol–water partition coefficient (Wildman–Crippen LogP) is 4.87. The van der Waals surface area contributed by atoms with Crippen molar-refractivity contribution < 1.29 is 5.11 Å². The molecule has 5 heteroatoms. The van der Waals surface area contributed by atoms with Gasteiger partial charge in [0.05, 0.1) is 5.69 Å². The van der Waals surface area contributed by atoms with Crippen LogP contribution in [0.3, 0.4) is 0 Å². The van der Waals surface area contributed by atoms with E-state index in [1.165, 1.54) is 5.56 Å². The average molecular weight is 327 g/mol. The van der Waals surface area contributed by atoms with Crippen molar-refractivity contribution in [3.05, 3.63) is 39.8 Å². The summed E-state index contributed by atoms with van der Waals surface area (Å²) in [6.07, 6.45) is 6.77. The number of unbranched alkanes of at least 4 members (excludes halogenated alkanes) is 1. The summed E-state index contributed by atoms with van der Waals surface area (Å²) >= 11 is 5.32. The maximum atomic E-state index is 10.4. The molecule has 0 saturated carbocycles. The minimum atomic E-state index is 0.199. The van der Waals surface area contributed by atoms with Crippen LogP contribution in [0.15, 0.2) is 23.2 Å². The Morgan fingerprint density at radius 2 is 2.17 bits per heavy atom. The Bertz CT molecular complexity index is 842. The number of H-pyrrole nitrogens is 1. The molecule has 0 spiro atoms. The minimum Gasteiger partial charge on any atom is -0.493 e. The van der Waals surface area contributed by atoms with Crippen molar-refractivity contribution in [2.45, 2.75) is 39.7 Å². The molecule has 120 valence electrons. The van der Waals surface area contributed by atoms with Gasteiger partial charge in [0.15, 0.2) is 4.77 Å². The summed E-state index contributed by atoms with van der Waals surface area (Å²) in [5.41, 5.74) is 5.00. The van der Waals surface area contributed by atoms with E-state index in [2.05, 4.69) is 42.0 Å². The van der Waals surface area contributed by atoms with Crippen LogP contribution < -0.4 is 0 Å². The summed E-state index contributed by atoms with van der Waals surface area (Å²) in [6.45, 7) is 4.97.